The topological polar surface area (TPSA) is 27.3 Å². The Hall–Kier alpha value is -0.350. The average Bonchev–Trinajstić information content (AvgIpc) is 2.79. The van der Waals surface area contributed by atoms with E-state index in [1.807, 2.05) is 0 Å². The van der Waals surface area contributed by atoms with Gasteiger partial charge in [-0.05, 0) is 57.4 Å². The summed E-state index contributed by atoms with van der Waals surface area (Å²) in [5.41, 5.74) is 0. The number of piperidine rings is 1. The fourth-order valence-corrected chi connectivity index (χ4v) is 3.23. The Morgan fingerprint density at radius 3 is 2.71 bits per heavy atom. The molecule has 1 heterocycles. The molecule has 2 aliphatic rings. The Morgan fingerprint density at radius 1 is 1.24 bits per heavy atom. The van der Waals surface area contributed by atoms with Crippen molar-refractivity contribution in [3.63, 3.8) is 0 Å². The van der Waals surface area contributed by atoms with Crippen LogP contribution in [-0.2, 0) is 0 Å². The fraction of sp³-hybridized carbons (Fsp3) is 0.923. The maximum absolute atomic E-state index is 5.35. The third-order valence-electron chi connectivity index (χ3n) is 3.96. The molecule has 3 nitrogen and oxygen atoms in total. The van der Waals surface area contributed by atoms with Gasteiger partial charge in [0, 0.05) is 19.1 Å². The summed E-state index contributed by atoms with van der Waals surface area (Å²) >= 11 is 5.35. The molecule has 0 amide bonds. The van der Waals surface area contributed by atoms with Gasteiger partial charge in [0.1, 0.15) is 0 Å². The van der Waals surface area contributed by atoms with Crippen molar-refractivity contribution in [1.82, 2.24) is 15.5 Å². The number of nitrogens with zero attached hydrogens (tertiary/aromatic N) is 1. The molecule has 2 fully saturated rings. The molecule has 1 aliphatic heterocycles. The van der Waals surface area contributed by atoms with Crippen LogP contribution >= 0.6 is 12.2 Å². The first-order valence-corrected chi connectivity index (χ1v) is 7.38. The van der Waals surface area contributed by atoms with Crippen LogP contribution in [-0.4, -0.2) is 42.7 Å². The minimum Gasteiger partial charge on any atom is -0.362 e. The smallest absolute Gasteiger partial charge is 0.166 e. The standard InChI is InChI=1S/C13H25N3S/c1-16-8-4-5-11(10-16)9-14-13(17)15-12-6-2-3-7-12/h11-12H,2-10H2,1H3,(H2,14,15,17). The Kier molecular flexibility index (Phi) is 5.04. The summed E-state index contributed by atoms with van der Waals surface area (Å²) in [5, 5.41) is 7.70. The molecule has 98 valence electrons. The van der Waals surface area contributed by atoms with E-state index in [4.69, 9.17) is 12.2 Å². The zero-order valence-corrected chi connectivity index (χ0v) is 11.7. The van der Waals surface area contributed by atoms with Crippen LogP contribution in [0.2, 0.25) is 0 Å². The molecule has 17 heavy (non-hydrogen) atoms. The molecule has 0 aromatic heterocycles. The molecule has 0 bridgehead atoms. The average molecular weight is 255 g/mol. The molecule has 1 saturated carbocycles. The maximum Gasteiger partial charge on any atom is 0.166 e. The first kappa shape index (κ1) is 13.1. The van der Waals surface area contributed by atoms with Gasteiger partial charge in [0.2, 0.25) is 0 Å². The summed E-state index contributed by atoms with van der Waals surface area (Å²) < 4.78 is 0. The number of likely N-dealkylation sites (tertiary alicyclic amines) is 1. The van der Waals surface area contributed by atoms with Gasteiger partial charge < -0.3 is 15.5 Å². The van der Waals surface area contributed by atoms with Crippen molar-refractivity contribution in [1.29, 1.82) is 0 Å². The fourth-order valence-electron chi connectivity index (χ4n) is 2.98. The third-order valence-corrected chi connectivity index (χ3v) is 4.23. The predicted molar refractivity (Wildman–Crippen MR) is 76.2 cm³/mol. The van der Waals surface area contributed by atoms with Crippen molar-refractivity contribution in [2.75, 3.05) is 26.7 Å². The van der Waals surface area contributed by atoms with Gasteiger partial charge in [-0.1, -0.05) is 12.8 Å². The number of rotatable bonds is 3. The van der Waals surface area contributed by atoms with E-state index in [9.17, 15) is 0 Å². The van der Waals surface area contributed by atoms with Crippen LogP contribution in [0.5, 0.6) is 0 Å². The van der Waals surface area contributed by atoms with Crippen LogP contribution in [0.15, 0.2) is 0 Å². The molecule has 0 spiro atoms. The minimum atomic E-state index is 0.629. The van der Waals surface area contributed by atoms with Crippen LogP contribution in [0.1, 0.15) is 38.5 Å². The number of nitrogens with one attached hydrogen (secondary N) is 2. The van der Waals surface area contributed by atoms with E-state index >= 15 is 0 Å². The summed E-state index contributed by atoms with van der Waals surface area (Å²) in [7, 11) is 2.21. The summed E-state index contributed by atoms with van der Waals surface area (Å²) in [6, 6.07) is 0.629. The lowest BCUT2D eigenvalue weighted by atomic mass is 9.99. The SMILES string of the molecule is CN1CCCC(CNC(=S)NC2CCCC2)C1. The molecule has 4 heteroatoms. The van der Waals surface area contributed by atoms with Crippen molar-refractivity contribution in [2.24, 2.45) is 5.92 Å². The lowest BCUT2D eigenvalue weighted by Gasteiger charge is -2.30. The van der Waals surface area contributed by atoms with Gasteiger partial charge in [0.25, 0.3) is 0 Å². The summed E-state index contributed by atoms with van der Waals surface area (Å²) in [6.07, 6.45) is 7.94. The van der Waals surface area contributed by atoms with E-state index < -0.39 is 0 Å². The number of hydrogen-bond donors (Lipinski definition) is 2. The Morgan fingerprint density at radius 2 is 2.00 bits per heavy atom. The lowest BCUT2D eigenvalue weighted by Crippen LogP contribution is -2.45. The molecule has 1 aliphatic carbocycles. The van der Waals surface area contributed by atoms with Crippen LogP contribution < -0.4 is 10.6 Å². The molecule has 0 aromatic carbocycles. The van der Waals surface area contributed by atoms with Gasteiger partial charge in [-0.2, -0.15) is 0 Å². The zero-order chi connectivity index (χ0) is 12.1. The lowest BCUT2D eigenvalue weighted by molar-refractivity contribution is 0.210. The van der Waals surface area contributed by atoms with Crippen molar-refractivity contribution >= 4 is 17.3 Å². The Labute approximate surface area is 110 Å². The second kappa shape index (κ2) is 6.55. The highest BCUT2D eigenvalue weighted by Crippen LogP contribution is 2.17. The third kappa shape index (κ3) is 4.43. The van der Waals surface area contributed by atoms with Gasteiger partial charge in [0.15, 0.2) is 5.11 Å². The van der Waals surface area contributed by atoms with E-state index in [0.29, 0.717) is 6.04 Å². The first-order chi connectivity index (χ1) is 8.24. The first-order valence-electron chi connectivity index (χ1n) is 6.97. The molecule has 1 saturated heterocycles. The molecule has 0 radical (unpaired) electrons. The van der Waals surface area contributed by atoms with E-state index in [1.54, 1.807) is 0 Å². The molecule has 1 atom stereocenters. The zero-order valence-electron chi connectivity index (χ0n) is 10.9. The highest BCUT2D eigenvalue weighted by atomic mass is 32.1. The molecular formula is C13H25N3S. The van der Waals surface area contributed by atoms with Crippen molar-refractivity contribution in [3.8, 4) is 0 Å². The number of thiocarbonyl (C=S) groups is 1. The highest BCUT2D eigenvalue weighted by Gasteiger charge is 2.18. The molecule has 0 aromatic rings. The van der Waals surface area contributed by atoms with Gasteiger partial charge >= 0.3 is 0 Å². The monoisotopic (exact) mass is 255 g/mol. The predicted octanol–water partition coefficient (Wildman–Crippen LogP) is 1.73. The highest BCUT2D eigenvalue weighted by molar-refractivity contribution is 7.80. The van der Waals surface area contributed by atoms with E-state index in [2.05, 4.69) is 22.6 Å². The van der Waals surface area contributed by atoms with E-state index in [1.165, 1.54) is 51.6 Å². The summed E-state index contributed by atoms with van der Waals surface area (Å²) in [4.78, 5) is 2.42. The van der Waals surface area contributed by atoms with Crippen LogP contribution in [0.4, 0.5) is 0 Å². The Balaban J connectivity index is 1.61. The normalized spacial score (nSPS) is 27.0. The molecule has 1 unspecified atom stereocenters. The van der Waals surface area contributed by atoms with Gasteiger partial charge in [-0.15, -0.1) is 0 Å². The van der Waals surface area contributed by atoms with E-state index in [0.717, 1.165) is 17.6 Å². The largest absolute Gasteiger partial charge is 0.362 e. The molecular weight excluding hydrogens is 230 g/mol. The summed E-state index contributed by atoms with van der Waals surface area (Å²) in [6.45, 7) is 3.49. The van der Waals surface area contributed by atoms with E-state index in [-0.39, 0.29) is 0 Å². The molecule has 2 rings (SSSR count). The second-order valence-corrected chi connectivity index (χ2v) is 6.01. The van der Waals surface area contributed by atoms with Crippen molar-refractivity contribution in [2.45, 2.75) is 44.6 Å². The van der Waals surface area contributed by atoms with Gasteiger partial charge in [-0.3, -0.25) is 0 Å². The molecule has 2 N–H and O–H groups in total. The van der Waals surface area contributed by atoms with Crippen molar-refractivity contribution < 1.29 is 0 Å². The number of hydrogen-bond acceptors (Lipinski definition) is 2. The quantitative estimate of drug-likeness (QED) is 0.751. The van der Waals surface area contributed by atoms with Gasteiger partial charge in [0.05, 0.1) is 0 Å². The van der Waals surface area contributed by atoms with Crippen LogP contribution in [0.25, 0.3) is 0 Å². The Bertz CT molecular complexity index is 251. The second-order valence-electron chi connectivity index (χ2n) is 5.61. The van der Waals surface area contributed by atoms with Crippen LogP contribution in [0, 0.1) is 5.92 Å². The maximum atomic E-state index is 5.35. The van der Waals surface area contributed by atoms with Crippen molar-refractivity contribution in [3.05, 3.63) is 0 Å². The van der Waals surface area contributed by atoms with Crippen LogP contribution in [0.3, 0.4) is 0 Å². The van der Waals surface area contributed by atoms with Gasteiger partial charge in [-0.25, -0.2) is 0 Å². The minimum absolute atomic E-state index is 0.629. The summed E-state index contributed by atoms with van der Waals surface area (Å²) in [5.74, 6) is 0.761.